The Labute approximate surface area is 121 Å². The van der Waals surface area contributed by atoms with Crippen LogP contribution in [0.2, 0.25) is 0 Å². The number of benzene rings is 2. The van der Waals surface area contributed by atoms with Gasteiger partial charge < -0.3 is 4.52 Å². The summed E-state index contributed by atoms with van der Waals surface area (Å²) < 4.78 is 43.8. The molecule has 0 unspecified atom stereocenters. The predicted molar refractivity (Wildman–Crippen MR) is 75.4 cm³/mol. The largest absolute Gasteiger partial charge is 0.524 e. The molecule has 2 aromatic rings. The number of phosphoric ester groups is 1. The Kier molecular flexibility index (Phi) is 6.07. The highest BCUT2D eigenvalue weighted by Gasteiger charge is 2.14. The van der Waals surface area contributed by atoms with Gasteiger partial charge in [-0.15, -0.1) is 0 Å². The van der Waals surface area contributed by atoms with Crippen molar-refractivity contribution in [3.63, 3.8) is 0 Å². The number of hydrogen-bond donors (Lipinski definition) is 3. The van der Waals surface area contributed by atoms with E-state index in [2.05, 4.69) is 4.52 Å². The first-order chi connectivity index (χ1) is 9.68. The fraction of sp³-hybridized carbons (Fsp3) is 0. The second-order valence-electron chi connectivity index (χ2n) is 3.68. The molecule has 2 rings (SSSR count). The van der Waals surface area contributed by atoms with Gasteiger partial charge in [-0.3, -0.25) is 14.3 Å². The molecule has 0 spiro atoms. The van der Waals surface area contributed by atoms with Crippen LogP contribution in [-0.2, 0) is 14.7 Å². The molecule has 114 valence electrons. The second-order valence-corrected chi connectivity index (χ2v) is 6.27. The Morgan fingerprint density at radius 1 is 0.857 bits per heavy atom. The molecule has 0 radical (unpaired) electrons. The highest BCUT2D eigenvalue weighted by molar-refractivity contribution is 7.85. The topological polar surface area (TPSA) is 121 Å². The number of phosphoric acid groups is 1. The smallest absolute Gasteiger partial charge is 0.404 e. The summed E-state index contributed by atoms with van der Waals surface area (Å²) in [6.07, 6.45) is 0. The van der Waals surface area contributed by atoms with Gasteiger partial charge in [-0.1, -0.05) is 36.4 Å². The Morgan fingerprint density at radius 3 is 1.62 bits per heavy atom. The van der Waals surface area contributed by atoms with Gasteiger partial charge in [-0.2, -0.15) is 8.42 Å². The summed E-state index contributed by atoms with van der Waals surface area (Å²) in [4.78, 5) is 16.6. The van der Waals surface area contributed by atoms with Crippen molar-refractivity contribution in [2.75, 3.05) is 0 Å². The lowest BCUT2D eigenvalue weighted by atomic mass is 10.3. The van der Waals surface area contributed by atoms with E-state index in [9.17, 15) is 13.0 Å². The summed E-state index contributed by atoms with van der Waals surface area (Å²) in [5.74, 6) is 0.167. The Morgan fingerprint density at radius 2 is 1.29 bits per heavy atom. The van der Waals surface area contributed by atoms with E-state index >= 15 is 0 Å². The number of para-hydroxylation sites is 1. The first kappa shape index (κ1) is 17.4. The lowest BCUT2D eigenvalue weighted by molar-refractivity contribution is 0.283. The average molecular weight is 332 g/mol. The van der Waals surface area contributed by atoms with E-state index in [0.717, 1.165) is 0 Å². The molecule has 0 saturated heterocycles. The van der Waals surface area contributed by atoms with Crippen LogP contribution >= 0.6 is 7.82 Å². The lowest BCUT2D eigenvalue weighted by Crippen LogP contribution is -1.96. The summed E-state index contributed by atoms with van der Waals surface area (Å²) in [5.41, 5.74) is 0. The normalized spacial score (nSPS) is 11.2. The van der Waals surface area contributed by atoms with Gasteiger partial charge in [-0.05, 0) is 24.3 Å². The van der Waals surface area contributed by atoms with E-state index in [-0.39, 0.29) is 10.6 Å². The predicted octanol–water partition coefficient (Wildman–Crippen LogP) is 2.09. The van der Waals surface area contributed by atoms with E-state index in [1.807, 2.05) is 0 Å². The van der Waals surface area contributed by atoms with Gasteiger partial charge in [0.15, 0.2) is 0 Å². The fourth-order valence-electron chi connectivity index (χ4n) is 1.21. The van der Waals surface area contributed by atoms with E-state index in [0.29, 0.717) is 0 Å². The molecule has 0 aromatic heterocycles. The molecule has 0 bridgehead atoms. The third kappa shape index (κ3) is 7.60. The maximum absolute atomic E-state index is 10.4. The second kappa shape index (κ2) is 7.35. The maximum Gasteiger partial charge on any atom is 0.524 e. The SMILES string of the molecule is O=P(O)(O)Oc1ccccc1.O=S(=O)(O)c1ccccc1. The molecule has 0 aliphatic heterocycles. The van der Waals surface area contributed by atoms with Crippen molar-refractivity contribution >= 4 is 17.9 Å². The standard InChI is InChI=1S/C6H7O4P.C6H6O3S/c7-11(8,9)10-6-4-2-1-3-5-6;7-10(8,9)6-4-2-1-3-5-6/h1-5H,(H2,7,8,9);1-5H,(H,7,8,9). The van der Waals surface area contributed by atoms with Gasteiger partial charge in [0, 0.05) is 0 Å². The minimum atomic E-state index is -4.39. The maximum atomic E-state index is 10.4. The van der Waals surface area contributed by atoms with Gasteiger partial charge in [-0.25, -0.2) is 4.57 Å². The van der Waals surface area contributed by atoms with Crippen molar-refractivity contribution in [2.45, 2.75) is 4.90 Å². The van der Waals surface area contributed by atoms with Gasteiger partial charge in [0.2, 0.25) is 0 Å². The van der Waals surface area contributed by atoms with Crippen LogP contribution in [0, 0.1) is 0 Å². The molecule has 0 amide bonds. The minimum Gasteiger partial charge on any atom is -0.404 e. The molecular weight excluding hydrogens is 319 g/mol. The first-order valence-corrected chi connectivity index (χ1v) is 8.48. The van der Waals surface area contributed by atoms with Crippen LogP contribution in [0.1, 0.15) is 0 Å². The van der Waals surface area contributed by atoms with Crippen LogP contribution in [0.5, 0.6) is 5.75 Å². The third-order valence-electron chi connectivity index (χ3n) is 2.01. The number of rotatable bonds is 3. The average Bonchev–Trinajstić information content (AvgIpc) is 2.39. The molecular formula is C12H13O7PS. The van der Waals surface area contributed by atoms with E-state index in [1.165, 1.54) is 24.3 Å². The van der Waals surface area contributed by atoms with Crippen LogP contribution in [0.25, 0.3) is 0 Å². The van der Waals surface area contributed by atoms with Crippen molar-refractivity contribution in [3.05, 3.63) is 60.7 Å². The Balaban J connectivity index is 0.000000211. The molecule has 0 aliphatic carbocycles. The lowest BCUT2D eigenvalue weighted by Gasteiger charge is -2.04. The van der Waals surface area contributed by atoms with E-state index < -0.39 is 17.9 Å². The summed E-state index contributed by atoms with van der Waals surface area (Å²) in [6, 6.07) is 15.4. The fourth-order valence-corrected chi connectivity index (χ4v) is 2.11. The van der Waals surface area contributed by atoms with Crippen LogP contribution in [0.4, 0.5) is 0 Å². The van der Waals surface area contributed by atoms with Crippen molar-refractivity contribution in [2.24, 2.45) is 0 Å². The zero-order valence-corrected chi connectivity index (χ0v) is 12.3. The minimum absolute atomic E-state index is 0.0741. The van der Waals surface area contributed by atoms with Crippen molar-refractivity contribution in [1.82, 2.24) is 0 Å². The highest BCUT2D eigenvalue weighted by Crippen LogP contribution is 2.36. The van der Waals surface area contributed by atoms with Crippen LogP contribution in [0.3, 0.4) is 0 Å². The van der Waals surface area contributed by atoms with E-state index in [1.54, 1.807) is 36.4 Å². The molecule has 0 aliphatic rings. The summed E-state index contributed by atoms with van der Waals surface area (Å²) >= 11 is 0. The van der Waals surface area contributed by atoms with Crippen LogP contribution in [-0.4, -0.2) is 22.8 Å². The van der Waals surface area contributed by atoms with E-state index in [4.69, 9.17) is 14.3 Å². The molecule has 0 fully saturated rings. The number of hydrogen-bond acceptors (Lipinski definition) is 4. The zero-order chi connectivity index (χ0) is 15.9. The molecule has 9 heteroatoms. The van der Waals surface area contributed by atoms with Gasteiger partial charge in [0.1, 0.15) is 5.75 Å². The van der Waals surface area contributed by atoms with Crippen molar-refractivity contribution in [3.8, 4) is 5.75 Å². The van der Waals surface area contributed by atoms with Crippen molar-refractivity contribution in [1.29, 1.82) is 0 Å². The van der Waals surface area contributed by atoms with Crippen LogP contribution in [0.15, 0.2) is 65.6 Å². The third-order valence-corrected chi connectivity index (χ3v) is 3.33. The quantitative estimate of drug-likeness (QED) is 0.581. The monoisotopic (exact) mass is 332 g/mol. The molecule has 21 heavy (non-hydrogen) atoms. The molecule has 3 N–H and O–H groups in total. The molecule has 0 saturated carbocycles. The van der Waals surface area contributed by atoms with Crippen molar-refractivity contribution < 1.29 is 31.8 Å². The van der Waals surface area contributed by atoms with Gasteiger partial charge in [0.25, 0.3) is 10.1 Å². The summed E-state index contributed by atoms with van der Waals surface area (Å²) in [6.45, 7) is 0. The van der Waals surface area contributed by atoms with Crippen LogP contribution < -0.4 is 4.52 Å². The summed E-state index contributed by atoms with van der Waals surface area (Å²) in [7, 11) is -8.39. The molecule has 0 heterocycles. The summed E-state index contributed by atoms with van der Waals surface area (Å²) in [5, 5.41) is 0. The molecule has 7 nitrogen and oxygen atoms in total. The van der Waals surface area contributed by atoms with Gasteiger partial charge >= 0.3 is 7.82 Å². The van der Waals surface area contributed by atoms with Gasteiger partial charge in [0.05, 0.1) is 4.90 Å². The first-order valence-electron chi connectivity index (χ1n) is 5.51. The molecule has 2 aromatic carbocycles. The molecule has 0 atom stereocenters. The highest BCUT2D eigenvalue weighted by atomic mass is 32.2. The Bertz CT molecular complexity index is 695. The Hall–Kier alpha value is -1.70. The zero-order valence-electron chi connectivity index (χ0n) is 10.6.